The molecule has 1 amide bonds. The van der Waals surface area contributed by atoms with Crippen LogP contribution in [0.1, 0.15) is 258 Å². The van der Waals surface area contributed by atoms with Crippen LogP contribution in [0, 0.1) is 0 Å². The maximum absolute atomic E-state index is 13.2. The quantitative estimate of drug-likeness (QED) is 0.0322. The number of aliphatic hydroxyl groups is 2. The van der Waals surface area contributed by atoms with Crippen LogP contribution in [0.2, 0.25) is 0 Å². The third-order valence-electron chi connectivity index (χ3n) is 11.8. The van der Waals surface area contributed by atoms with Gasteiger partial charge < -0.3 is 20.3 Å². The summed E-state index contributed by atoms with van der Waals surface area (Å²) in [4.78, 5) is 26.1. The zero-order chi connectivity index (χ0) is 43.8. The van der Waals surface area contributed by atoms with Crippen LogP contribution in [0.4, 0.5) is 0 Å². The summed E-state index contributed by atoms with van der Waals surface area (Å²) >= 11 is 0. The van der Waals surface area contributed by atoms with Crippen molar-refractivity contribution in [2.24, 2.45) is 0 Å². The number of aliphatic hydroxyl groups excluding tert-OH is 2. The Labute approximate surface area is 372 Å². The highest BCUT2D eigenvalue weighted by Crippen LogP contribution is 2.18. The number of ether oxygens (including phenoxy) is 1. The van der Waals surface area contributed by atoms with E-state index >= 15 is 0 Å². The summed E-state index contributed by atoms with van der Waals surface area (Å²) in [7, 11) is 0. The first kappa shape index (κ1) is 57.8. The van der Waals surface area contributed by atoms with Crippen LogP contribution in [0.15, 0.2) is 48.6 Å². The lowest BCUT2D eigenvalue weighted by Crippen LogP contribution is -2.46. The van der Waals surface area contributed by atoms with E-state index in [9.17, 15) is 19.8 Å². The summed E-state index contributed by atoms with van der Waals surface area (Å²) < 4.78 is 5.88. The first-order chi connectivity index (χ1) is 29.5. The molecule has 6 nitrogen and oxygen atoms in total. The summed E-state index contributed by atoms with van der Waals surface area (Å²) in [5.74, 6) is -0.535. The predicted octanol–water partition coefficient (Wildman–Crippen LogP) is 15.5. The molecular formula is C54H99NO5. The van der Waals surface area contributed by atoms with E-state index in [1.54, 1.807) is 0 Å². The largest absolute Gasteiger partial charge is 0.462 e. The minimum absolute atomic E-state index is 0.0341. The number of allylic oxidation sites excluding steroid dienone is 8. The van der Waals surface area contributed by atoms with E-state index in [0.29, 0.717) is 19.3 Å². The minimum Gasteiger partial charge on any atom is -0.462 e. The molecular weight excluding hydrogens is 743 g/mol. The number of amides is 1. The van der Waals surface area contributed by atoms with Crippen LogP contribution in [0.25, 0.3) is 0 Å². The molecule has 60 heavy (non-hydrogen) atoms. The molecule has 0 aliphatic heterocycles. The Morgan fingerprint density at radius 3 is 1.33 bits per heavy atom. The van der Waals surface area contributed by atoms with E-state index < -0.39 is 18.2 Å². The molecule has 0 aromatic heterocycles. The average Bonchev–Trinajstić information content (AvgIpc) is 3.24. The zero-order valence-electron chi connectivity index (χ0n) is 39.8. The van der Waals surface area contributed by atoms with Gasteiger partial charge in [0.25, 0.3) is 0 Å². The monoisotopic (exact) mass is 842 g/mol. The maximum Gasteiger partial charge on any atom is 0.306 e. The van der Waals surface area contributed by atoms with Gasteiger partial charge in [-0.05, 0) is 38.5 Å². The molecule has 3 N–H and O–H groups in total. The van der Waals surface area contributed by atoms with Crippen molar-refractivity contribution in [3.8, 4) is 0 Å². The number of carbonyl (C=O) groups is 2. The molecule has 0 aliphatic rings. The standard InChI is InChI=1S/C54H99NO5/c1-4-7-10-13-16-19-22-24-25-26-27-29-31-34-37-40-43-46-52(57)51(49-56)55-53(58)48-50(45-42-39-36-33-30-21-18-15-12-9-6-3)60-54(59)47-44-41-38-35-32-28-23-20-17-14-11-8-5-2/h9,12,15,18,21,30,33,36,50-52,56-57H,4-8,10-11,13-14,16-17,19-20,22-29,31-32,34-35,37-49H2,1-3H3,(H,55,58)/b12-9+,18-15+,30-21-,36-33-. The molecule has 0 bridgehead atoms. The van der Waals surface area contributed by atoms with Gasteiger partial charge in [-0.15, -0.1) is 0 Å². The Balaban J connectivity index is 4.52. The van der Waals surface area contributed by atoms with Crippen LogP contribution < -0.4 is 5.32 Å². The van der Waals surface area contributed by atoms with E-state index in [-0.39, 0.29) is 24.9 Å². The fourth-order valence-electron chi connectivity index (χ4n) is 7.86. The molecule has 3 atom stereocenters. The van der Waals surface area contributed by atoms with Crippen molar-refractivity contribution < 1.29 is 24.5 Å². The van der Waals surface area contributed by atoms with Gasteiger partial charge in [0.05, 0.1) is 25.2 Å². The molecule has 6 heteroatoms. The molecule has 0 saturated heterocycles. The van der Waals surface area contributed by atoms with Crippen molar-refractivity contribution in [1.29, 1.82) is 0 Å². The molecule has 350 valence electrons. The molecule has 0 aliphatic carbocycles. The third kappa shape index (κ3) is 42.5. The summed E-state index contributed by atoms with van der Waals surface area (Å²) in [6.07, 6.45) is 57.6. The molecule has 0 radical (unpaired) electrons. The van der Waals surface area contributed by atoms with Crippen molar-refractivity contribution in [2.75, 3.05) is 6.61 Å². The summed E-state index contributed by atoms with van der Waals surface area (Å²) in [6.45, 7) is 6.33. The molecule has 0 heterocycles. The number of rotatable bonds is 46. The second-order valence-electron chi connectivity index (χ2n) is 17.6. The van der Waals surface area contributed by atoms with E-state index in [2.05, 4.69) is 38.2 Å². The van der Waals surface area contributed by atoms with Crippen LogP contribution in [-0.4, -0.2) is 46.9 Å². The van der Waals surface area contributed by atoms with Crippen LogP contribution >= 0.6 is 0 Å². The maximum atomic E-state index is 13.2. The van der Waals surface area contributed by atoms with Gasteiger partial charge in [0.15, 0.2) is 0 Å². The van der Waals surface area contributed by atoms with Gasteiger partial charge >= 0.3 is 5.97 Å². The number of hydrogen-bond donors (Lipinski definition) is 3. The van der Waals surface area contributed by atoms with Crippen LogP contribution in [0.5, 0.6) is 0 Å². The van der Waals surface area contributed by atoms with Crippen LogP contribution in [0.3, 0.4) is 0 Å². The number of carbonyl (C=O) groups excluding carboxylic acids is 2. The fraction of sp³-hybridized carbons (Fsp3) is 0.815. The van der Waals surface area contributed by atoms with Crippen molar-refractivity contribution in [3.63, 3.8) is 0 Å². The minimum atomic E-state index is -0.803. The van der Waals surface area contributed by atoms with E-state index in [1.807, 2.05) is 36.5 Å². The number of esters is 1. The third-order valence-corrected chi connectivity index (χ3v) is 11.8. The Morgan fingerprint density at radius 1 is 0.500 bits per heavy atom. The topological polar surface area (TPSA) is 95.9 Å². The Kier molecular flexibility index (Phi) is 46.1. The first-order valence-corrected chi connectivity index (χ1v) is 25.9. The first-order valence-electron chi connectivity index (χ1n) is 25.9. The summed E-state index contributed by atoms with van der Waals surface area (Å²) in [5, 5.41) is 23.8. The van der Waals surface area contributed by atoms with Crippen LogP contribution in [-0.2, 0) is 14.3 Å². The fourth-order valence-corrected chi connectivity index (χ4v) is 7.86. The van der Waals surface area contributed by atoms with Gasteiger partial charge in [-0.3, -0.25) is 9.59 Å². The predicted molar refractivity (Wildman–Crippen MR) is 259 cm³/mol. The molecule has 3 unspecified atom stereocenters. The van der Waals surface area contributed by atoms with Gasteiger partial charge in [0, 0.05) is 6.42 Å². The highest BCUT2D eigenvalue weighted by atomic mass is 16.5. The van der Waals surface area contributed by atoms with Crippen molar-refractivity contribution in [3.05, 3.63) is 48.6 Å². The smallest absolute Gasteiger partial charge is 0.306 e. The molecule has 0 saturated carbocycles. The Hall–Kier alpha value is -2.18. The second kappa shape index (κ2) is 47.9. The number of unbranched alkanes of at least 4 members (excludes halogenated alkanes) is 29. The lowest BCUT2D eigenvalue weighted by Gasteiger charge is -2.24. The zero-order valence-corrected chi connectivity index (χ0v) is 39.8. The lowest BCUT2D eigenvalue weighted by atomic mass is 10.0. The Morgan fingerprint density at radius 2 is 0.900 bits per heavy atom. The number of nitrogens with one attached hydrogen (secondary N) is 1. The highest BCUT2D eigenvalue weighted by Gasteiger charge is 2.24. The van der Waals surface area contributed by atoms with Gasteiger partial charge in [-0.25, -0.2) is 0 Å². The average molecular weight is 842 g/mol. The molecule has 0 rings (SSSR count). The van der Waals surface area contributed by atoms with Gasteiger partial charge in [-0.2, -0.15) is 0 Å². The van der Waals surface area contributed by atoms with Gasteiger partial charge in [-0.1, -0.05) is 256 Å². The second-order valence-corrected chi connectivity index (χ2v) is 17.6. The molecule has 0 aromatic rings. The molecule has 0 aromatic carbocycles. The summed E-state index contributed by atoms with van der Waals surface area (Å²) in [5.41, 5.74) is 0. The lowest BCUT2D eigenvalue weighted by molar-refractivity contribution is -0.151. The SMILES string of the molecule is CC/C=C/C=C/C=C\C=C/CCCC(CC(=O)NC(CO)C(O)CCCCCCCCCCCCCCCCCCC)OC(=O)CCCCCCCCCCCCCCC. The van der Waals surface area contributed by atoms with Crippen molar-refractivity contribution in [2.45, 2.75) is 277 Å². The Bertz CT molecular complexity index is 1040. The molecule has 0 fully saturated rings. The van der Waals surface area contributed by atoms with E-state index in [1.165, 1.54) is 154 Å². The number of hydrogen-bond acceptors (Lipinski definition) is 5. The summed E-state index contributed by atoms with van der Waals surface area (Å²) in [6, 6.07) is -0.720. The van der Waals surface area contributed by atoms with Gasteiger partial charge in [0.2, 0.25) is 5.91 Å². The normalized spacial score (nSPS) is 13.6. The van der Waals surface area contributed by atoms with Crippen molar-refractivity contribution in [1.82, 2.24) is 5.32 Å². The van der Waals surface area contributed by atoms with Crippen molar-refractivity contribution >= 4 is 11.9 Å². The van der Waals surface area contributed by atoms with E-state index in [0.717, 1.165) is 57.8 Å². The van der Waals surface area contributed by atoms with Gasteiger partial charge in [0.1, 0.15) is 6.10 Å². The van der Waals surface area contributed by atoms with E-state index in [4.69, 9.17) is 4.74 Å². The molecule has 0 spiro atoms. The highest BCUT2D eigenvalue weighted by molar-refractivity contribution is 5.77.